The lowest BCUT2D eigenvalue weighted by Crippen LogP contribution is -2.33. The third-order valence-electron chi connectivity index (χ3n) is 4.15. The van der Waals surface area contributed by atoms with Crippen LogP contribution in [0.15, 0.2) is 22.0 Å². The summed E-state index contributed by atoms with van der Waals surface area (Å²) in [6.45, 7) is 2.94. The van der Waals surface area contributed by atoms with Gasteiger partial charge in [-0.1, -0.05) is 11.6 Å². The topological polar surface area (TPSA) is 51.1 Å². The lowest BCUT2D eigenvalue weighted by molar-refractivity contribution is -0.113. The Morgan fingerprint density at radius 3 is 2.79 bits per heavy atom. The minimum absolute atomic E-state index is 0.188. The van der Waals surface area contributed by atoms with Crippen LogP contribution in [0.2, 0.25) is 5.02 Å². The minimum atomic E-state index is -0.188. The maximum absolute atomic E-state index is 12.2. The number of likely N-dealkylation sites (tertiary alicyclic amines) is 1. The summed E-state index contributed by atoms with van der Waals surface area (Å²) in [7, 11) is 0. The average molecular weight is 365 g/mol. The molecular weight excluding hydrogens is 348 g/mol. The van der Waals surface area contributed by atoms with Crippen LogP contribution in [-0.2, 0) is 4.79 Å². The Kier molecular flexibility index (Phi) is 4.41. The normalized spacial score (nSPS) is 22.0. The number of carbonyl (C=O) groups excluding carboxylic acids is 1. The second kappa shape index (κ2) is 6.69. The van der Waals surface area contributed by atoms with E-state index in [0.717, 1.165) is 36.7 Å². The van der Waals surface area contributed by atoms with E-state index in [4.69, 9.17) is 21.1 Å². The summed E-state index contributed by atoms with van der Waals surface area (Å²) in [5.74, 6) is 1.00. The Bertz CT molecular complexity index is 742. The first-order chi connectivity index (χ1) is 11.7. The number of thioether (sulfide) groups is 1. The first-order valence-corrected chi connectivity index (χ1v) is 9.27. The molecule has 3 aliphatic heterocycles. The molecule has 24 heavy (non-hydrogen) atoms. The molecule has 4 rings (SSSR count). The van der Waals surface area contributed by atoms with Crippen LogP contribution < -0.4 is 9.47 Å². The fourth-order valence-corrected chi connectivity index (χ4v) is 4.22. The Labute approximate surface area is 149 Å². The van der Waals surface area contributed by atoms with Crippen molar-refractivity contribution < 1.29 is 14.3 Å². The number of aliphatic imine (C=N–C) groups is 1. The fraction of sp³-hybridized carbons (Fsp3) is 0.412. The summed E-state index contributed by atoms with van der Waals surface area (Å²) < 4.78 is 11.1. The summed E-state index contributed by atoms with van der Waals surface area (Å²) in [6, 6.07) is 3.63. The van der Waals surface area contributed by atoms with E-state index < -0.39 is 0 Å². The standard InChI is InChI=1S/C17H17ClN2O3S/c18-12-8-11(9-13-15(12)23-7-6-22-13)10-14-16(21)19-17(24-14)20-4-2-1-3-5-20/h8-10H,1-7H2/b14-10-. The SMILES string of the molecule is O=C1N=C(N2CCCCC2)S/C1=C\c1cc(Cl)c2c(c1)OCCO2. The molecule has 0 bridgehead atoms. The molecule has 1 saturated heterocycles. The number of benzene rings is 1. The summed E-state index contributed by atoms with van der Waals surface area (Å²) in [5.41, 5.74) is 0.815. The quantitative estimate of drug-likeness (QED) is 0.713. The van der Waals surface area contributed by atoms with E-state index in [9.17, 15) is 4.79 Å². The molecule has 0 atom stereocenters. The van der Waals surface area contributed by atoms with Gasteiger partial charge in [-0.05, 0) is 54.8 Å². The van der Waals surface area contributed by atoms with E-state index in [1.54, 1.807) is 6.07 Å². The molecular formula is C17H17ClN2O3S. The Morgan fingerprint density at radius 1 is 1.17 bits per heavy atom. The molecule has 0 aliphatic carbocycles. The van der Waals surface area contributed by atoms with E-state index >= 15 is 0 Å². The van der Waals surface area contributed by atoms with E-state index in [2.05, 4.69) is 9.89 Å². The van der Waals surface area contributed by atoms with Crippen molar-refractivity contribution in [3.05, 3.63) is 27.6 Å². The summed E-state index contributed by atoms with van der Waals surface area (Å²) >= 11 is 7.69. The number of amidine groups is 1. The zero-order valence-electron chi connectivity index (χ0n) is 13.1. The van der Waals surface area contributed by atoms with Gasteiger partial charge in [0.1, 0.15) is 13.2 Å². The Hall–Kier alpha value is -1.66. The number of rotatable bonds is 1. The summed E-state index contributed by atoms with van der Waals surface area (Å²) in [5, 5.41) is 1.31. The molecule has 0 unspecified atom stereocenters. The molecule has 0 saturated carbocycles. The highest BCUT2D eigenvalue weighted by Gasteiger charge is 2.27. The number of halogens is 1. The van der Waals surface area contributed by atoms with Crippen molar-refractivity contribution in [1.29, 1.82) is 0 Å². The van der Waals surface area contributed by atoms with Gasteiger partial charge in [0.15, 0.2) is 16.7 Å². The highest BCUT2D eigenvalue weighted by molar-refractivity contribution is 8.18. The second-order valence-corrected chi connectivity index (χ2v) is 7.30. The number of amides is 1. The van der Waals surface area contributed by atoms with Crippen molar-refractivity contribution >= 4 is 40.5 Å². The van der Waals surface area contributed by atoms with Crippen LogP contribution in [0.5, 0.6) is 11.5 Å². The third kappa shape index (κ3) is 3.13. The monoisotopic (exact) mass is 364 g/mol. The minimum Gasteiger partial charge on any atom is -0.486 e. The van der Waals surface area contributed by atoms with Gasteiger partial charge in [-0.25, -0.2) is 0 Å². The van der Waals surface area contributed by atoms with Crippen LogP contribution in [-0.4, -0.2) is 42.3 Å². The number of carbonyl (C=O) groups is 1. The van der Waals surface area contributed by atoms with Gasteiger partial charge < -0.3 is 14.4 Å². The van der Waals surface area contributed by atoms with Gasteiger partial charge in [-0.2, -0.15) is 4.99 Å². The van der Waals surface area contributed by atoms with Gasteiger partial charge in [0.2, 0.25) is 0 Å². The summed E-state index contributed by atoms with van der Waals surface area (Å²) in [4.78, 5) is 19.2. The summed E-state index contributed by atoms with van der Waals surface area (Å²) in [6.07, 6.45) is 5.38. The number of nitrogens with zero attached hydrogens (tertiary/aromatic N) is 2. The predicted octanol–water partition coefficient (Wildman–Crippen LogP) is 3.57. The number of fused-ring (bicyclic) bond motifs is 1. The van der Waals surface area contributed by atoms with Crippen molar-refractivity contribution in [2.45, 2.75) is 19.3 Å². The molecule has 126 valence electrons. The van der Waals surface area contributed by atoms with E-state index in [-0.39, 0.29) is 5.91 Å². The van der Waals surface area contributed by atoms with Crippen LogP contribution in [0.25, 0.3) is 6.08 Å². The van der Waals surface area contributed by atoms with Gasteiger partial charge >= 0.3 is 0 Å². The number of piperidine rings is 1. The molecule has 1 amide bonds. The Balaban J connectivity index is 1.56. The molecule has 0 radical (unpaired) electrons. The number of hydrogen-bond acceptors (Lipinski definition) is 5. The van der Waals surface area contributed by atoms with Crippen LogP contribution in [0.4, 0.5) is 0 Å². The van der Waals surface area contributed by atoms with Crippen molar-refractivity contribution in [2.24, 2.45) is 4.99 Å². The largest absolute Gasteiger partial charge is 0.486 e. The average Bonchev–Trinajstić information content (AvgIpc) is 2.96. The molecule has 1 aromatic rings. The van der Waals surface area contributed by atoms with E-state index in [0.29, 0.717) is 34.6 Å². The van der Waals surface area contributed by atoms with Gasteiger partial charge in [0, 0.05) is 13.1 Å². The molecule has 3 heterocycles. The second-order valence-electron chi connectivity index (χ2n) is 5.88. The molecule has 0 N–H and O–H groups in total. The Morgan fingerprint density at radius 2 is 1.96 bits per heavy atom. The van der Waals surface area contributed by atoms with Crippen molar-refractivity contribution in [2.75, 3.05) is 26.3 Å². The van der Waals surface area contributed by atoms with E-state index in [1.807, 2.05) is 12.1 Å². The van der Waals surface area contributed by atoms with Crippen LogP contribution in [0, 0.1) is 0 Å². The van der Waals surface area contributed by atoms with Gasteiger partial charge in [-0.3, -0.25) is 4.79 Å². The molecule has 7 heteroatoms. The van der Waals surface area contributed by atoms with Crippen LogP contribution in [0.1, 0.15) is 24.8 Å². The molecule has 0 spiro atoms. The maximum atomic E-state index is 12.2. The number of ether oxygens (including phenoxy) is 2. The highest BCUT2D eigenvalue weighted by Crippen LogP contribution is 2.40. The predicted molar refractivity (Wildman–Crippen MR) is 95.9 cm³/mol. The van der Waals surface area contributed by atoms with Crippen molar-refractivity contribution in [3.63, 3.8) is 0 Å². The molecule has 5 nitrogen and oxygen atoms in total. The lowest BCUT2D eigenvalue weighted by atomic mass is 10.1. The van der Waals surface area contributed by atoms with Gasteiger partial charge in [0.25, 0.3) is 5.91 Å². The van der Waals surface area contributed by atoms with Crippen molar-refractivity contribution in [3.8, 4) is 11.5 Å². The maximum Gasteiger partial charge on any atom is 0.286 e. The van der Waals surface area contributed by atoms with Crippen molar-refractivity contribution in [1.82, 2.24) is 4.90 Å². The lowest BCUT2D eigenvalue weighted by Gasteiger charge is -2.27. The zero-order valence-corrected chi connectivity index (χ0v) is 14.7. The first kappa shape index (κ1) is 15.8. The first-order valence-electron chi connectivity index (χ1n) is 8.07. The highest BCUT2D eigenvalue weighted by atomic mass is 35.5. The smallest absolute Gasteiger partial charge is 0.286 e. The molecule has 0 aromatic heterocycles. The zero-order chi connectivity index (χ0) is 16.5. The molecule has 1 fully saturated rings. The molecule has 3 aliphatic rings. The molecule has 1 aromatic carbocycles. The van der Waals surface area contributed by atoms with Crippen LogP contribution in [0.3, 0.4) is 0 Å². The van der Waals surface area contributed by atoms with Gasteiger partial charge in [-0.15, -0.1) is 0 Å². The van der Waals surface area contributed by atoms with Gasteiger partial charge in [0.05, 0.1) is 9.93 Å². The fourth-order valence-electron chi connectivity index (χ4n) is 2.98. The third-order valence-corrected chi connectivity index (χ3v) is 5.48. The number of hydrogen-bond donors (Lipinski definition) is 0. The van der Waals surface area contributed by atoms with Crippen LogP contribution >= 0.6 is 23.4 Å². The van der Waals surface area contributed by atoms with E-state index in [1.165, 1.54) is 18.2 Å².